The number of aryl methyl sites for hydroxylation is 1. The van der Waals surface area contributed by atoms with Crippen molar-refractivity contribution in [2.75, 3.05) is 13.1 Å². The van der Waals surface area contributed by atoms with Gasteiger partial charge < -0.3 is 5.32 Å². The Balaban J connectivity index is 2.23. The zero-order valence-electron chi connectivity index (χ0n) is 11.1. The van der Waals surface area contributed by atoms with Crippen LogP contribution in [-0.4, -0.2) is 37.8 Å². The maximum Gasteiger partial charge on any atom is 0.238 e. The summed E-state index contributed by atoms with van der Waals surface area (Å²) in [5.41, 5.74) is 1.72. The topological polar surface area (TPSA) is 66.5 Å². The lowest BCUT2D eigenvalue weighted by molar-refractivity contribution is -0.126. The Hall–Kier alpha value is -1.40. The number of carbonyl (C=O) groups is 1. The summed E-state index contributed by atoms with van der Waals surface area (Å²) >= 11 is 0. The zero-order chi connectivity index (χ0) is 14.0. The number of amides is 1. The molecule has 0 radical (unpaired) electrons. The first-order valence-corrected chi connectivity index (χ1v) is 7.84. The van der Waals surface area contributed by atoms with E-state index < -0.39 is 16.1 Å². The molecule has 2 rings (SSSR count). The van der Waals surface area contributed by atoms with E-state index in [1.165, 1.54) is 4.31 Å². The van der Waals surface area contributed by atoms with Crippen molar-refractivity contribution in [3.05, 3.63) is 35.4 Å². The predicted molar refractivity (Wildman–Crippen MR) is 73.0 cm³/mol. The van der Waals surface area contributed by atoms with Crippen LogP contribution in [0.5, 0.6) is 0 Å². The molecular formula is C13H18N2O3S. The average molecular weight is 282 g/mol. The van der Waals surface area contributed by atoms with Crippen molar-refractivity contribution in [2.45, 2.75) is 25.6 Å². The summed E-state index contributed by atoms with van der Waals surface area (Å²) in [4.78, 5) is 11.6. The maximum absolute atomic E-state index is 12.4. The number of rotatable bonds is 3. The predicted octanol–water partition coefficient (Wildman–Crippen LogP) is 0.645. The lowest BCUT2D eigenvalue weighted by Gasteiger charge is -2.31. The Labute approximate surface area is 113 Å². The lowest BCUT2D eigenvalue weighted by atomic mass is 10.1. The maximum atomic E-state index is 12.4. The van der Waals surface area contributed by atoms with Crippen molar-refractivity contribution in [3.63, 3.8) is 0 Å². The highest BCUT2D eigenvalue weighted by Gasteiger charge is 2.34. The van der Waals surface area contributed by atoms with Gasteiger partial charge in [0.05, 0.1) is 5.75 Å². The third-order valence-corrected chi connectivity index (χ3v) is 5.29. The van der Waals surface area contributed by atoms with E-state index in [0.717, 1.165) is 11.1 Å². The first kappa shape index (κ1) is 14.0. The van der Waals surface area contributed by atoms with E-state index in [1.807, 2.05) is 31.2 Å². The van der Waals surface area contributed by atoms with Gasteiger partial charge in [-0.25, -0.2) is 8.42 Å². The quantitative estimate of drug-likeness (QED) is 0.885. The fraction of sp³-hybridized carbons (Fsp3) is 0.462. The Morgan fingerprint density at radius 1 is 1.37 bits per heavy atom. The number of carbonyl (C=O) groups excluding carboxylic acids is 1. The molecule has 1 N–H and O–H groups in total. The van der Waals surface area contributed by atoms with Crippen LogP contribution in [-0.2, 0) is 20.6 Å². The smallest absolute Gasteiger partial charge is 0.238 e. The van der Waals surface area contributed by atoms with E-state index in [1.54, 1.807) is 6.92 Å². The van der Waals surface area contributed by atoms with Crippen molar-refractivity contribution in [2.24, 2.45) is 0 Å². The molecule has 6 heteroatoms. The molecule has 1 heterocycles. The van der Waals surface area contributed by atoms with Crippen LogP contribution in [0.25, 0.3) is 0 Å². The second-order valence-electron chi connectivity index (χ2n) is 4.76. The van der Waals surface area contributed by atoms with Crippen molar-refractivity contribution < 1.29 is 13.2 Å². The minimum absolute atomic E-state index is 0.0582. The highest BCUT2D eigenvalue weighted by Crippen LogP contribution is 2.17. The van der Waals surface area contributed by atoms with Crippen LogP contribution in [0.1, 0.15) is 18.1 Å². The largest absolute Gasteiger partial charge is 0.353 e. The van der Waals surface area contributed by atoms with E-state index in [-0.39, 0.29) is 11.7 Å². The summed E-state index contributed by atoms with van der Waals surface area (Å²) < 4.78 is 26.1. The number of piperazine rings is 1. The fourth-order valence-electron chi connectivity index (χ4n) is 2.19. The number of hydrogen-bond donors (Lipinski definition) is 1. The monoisotopic (exact) mass is 282 g/mol. The fourth-order valence-corrected chi connectivity index (χ4v) is 4.02. The molecule has 1 amide bonds. The molecular weight excluding hydrogens is 264 g/mol. The van der Waals surface area contributed by atoms with Crippen LogP contribution in [0.2, 0.25) is 0 Å². The van der Waals surface area contributed by atoms with Gasteiger partial charge in [-0.2, -0.15) is 4.31 Å². The molecule has 1 aliphatic heterocycles. The second kappa shape index (κ2) is 5.30. The summed E-state index contributed by atoms with van der Waals surface area (Å²) in [5.74, 6) is -0.295. The van der Waals surface area contributed by atoms with Gasteiger partial charge in [-0.05, 0) is 25.0 Å². The van der Waals surface area contributed by atoms with Gasteiger partial charge in [0.1, 0.15) is 6.04 Å². The molecule has 1 aromatic rings. The molecule has 1 aromatic carbocycles. The zero-order valence-corrected chi connectivity index (χ0v) is 11.9. The van der Waals surface area contributed by atoms with Gasteiger partial charge >= 0.3 is 0 Å². The molecule has 1 atom stereocenters. The number of sulfonamides is 1. The molecule has 5 nitrogen and oxygen atoms in total. The number of benzene rings is 1. The number of hydrogen-bond acceptors (Lipinski definition) is 3. The summed E-state index contributed by atoms with van der Waals surface area (Å²) in [6.45, 7) is 4.21. The summed E-state index contributed by atoms with van der Waals surface area (Å²) in [6, 6.07) is 6.76. The molecule has 0 bridgehead atoms. The first-order chi connectivity index (χ1) is 8.92. The third-order valence-electron chi connectivity index (χ3n) is 3.40. The first-order valence-electron chi connectivity index (χ1n) is 6.23. The summed E-state index contributed by atoms with van der Waals surface area (Å²) in [7, 11) is -3.47. The SMILES string of the molecule is Cc1ccccc1CS(=O)(=O)N1CCNC(=O)C1C. The average Bonchev–Trinajstić information content (AvgIpc) is 2.35. The lowest BCUT2D eigenvalue weighted by Crippen LogP contribution is -2.55. The molecule has 0 spiro atoms. The molecule has 1 aliphatic rings. The Morgan fingerprint density at radius 2 is 2.05 bits per heavy atom. The van der Waals surface area contributed by atoms with Crippen LogP contribution in [0.4, 0.5) is 0 Å². The third kappa shape index (κ3) is 2.96. The standard InChI is InChI=1S/C13H18N2O3S/c1-10-5-3-4-6-12(10)9-19(17,18)15-8-7-14-13(16)11(15)2/h3-6,11H,7-9H2,1-2H3,(H,14,16). The molecule has 1 fully saturated rings. The van der Waals surface area contributed by atoms with Crippen LogP contribution in [0.15, 0.2) is 24.3 Å². The van der Waals surface area contributed by atoms with Crippen molar-refractivity contribution >= 4 is 15.9 Å². The van der Waals surface area contributed by atoms with Crippen LogP contribution in [0.3, 0.4) is 0 Å². The van der Waals surface area contributed by atoms with Gasteiger partial charge in [0.25, 0.3) is 0 Å². The molecule has 0 saturated carbocycles. The van der Waals surface area contributed by atoms with Gasteiger partial charge in [0.2, 0.25) is 15.9 Å². The molecule has 19 heavy (non-hydrogen) atoms. The normalized spacial score (nSPS) is 21.2. The Kier molecular flexibility index (Phi) is 3.91. The van der Waals surface area contributed by atoms with Crippen LogP contribution < -0.4 is 5.32 Å². The van der Waals surface area contributed by atoms with E-state index in [4.69, 9.17) is 0 Å². The summed E-state index contributed by atoms with van der Waals surface area (Å²) in [6.07, 6.45) is 0. The number of nitrogens with one attached hydrogen (secondary N) is 1. The van der Waals surface area contributed by atoms with E-state index in [9.17, 15) is 13.2 Å². The van der Waals surface area contributed by atoms with Gasteiger partial charge in [0.15, 0.2) is 0 Å². The molecule has 0 aromatic heterocycles. The second-order valence-corrected chi connectivity index (χ2v) is 6.68. The minimum atomic E-state index is -3.47. The van der Waals surface area contributed by atoms with Crippen molar-refractivity contribution in [1.82, 2.24) is 9.62 Å². The van der Waals surface area contributed by atoms with E-state index in [0.29, 0.717) is 13.1 Å². The van der Waals surface area contributed by atoms with Crippen molar-refractivity contribution in [3.8, 4) is 0 Å². The Bertz CT molecular complexity index is 583. The van der Waals surface area contributed by atoms with E-state index >= 15 is 0 Å². The molecule has 1 unspecified atom stereocenters. The number of nitrogens with zero attached hydrogens (tertiary/aromatic N) is 1. The van der Waals surface area contributed by atoms with Gasteiger partial charge in [-0.1, -0.05) is 24.3 Å². The molecule has 1 saturated heterocycles. The highest BCUT2D eigenvalue weighted by molar-refractivity contribution is 7.88. The van der Waals surface area contributed by atoms with Gasteiger partial charge in [-0.3, -0.25) is 4.79 Å². The van der Waals surface area contributed by atoms with E-state index in [2.05, 4.69) is 5.32 Å². The summed E-state index contributed by atoms with van der Waals surface area (Å²) in [5, 5.41) is 2.66. The van der Waals surface area contributed by atoms with Gasteiger partial charge in [0, 0.05) is 13.1 Å². The molecule has 104 valence electrons. The van der Waals surface area contributed by atoms with Crippen LogP contribution >= 0.6 is 0 Å². The minimum Gasteiger partial charge on any atom is -0.353 e. The van der Waals surface area contributed by atoms with Crippen molar-refractivity contribution in [1.29, 1.82) is 0 Å². The molecule has 0 aliphatic carbocycles. The Morgan fingerprint density at radius 3 is 2.74 bits per heavy atom. The highest BCUT2D eigenvalue weighted by atomic mass is 32.2. The van der Waals surface area contributed by atoms with Gasteiger partial charge in [-0.15, -0.1) is 0 Å². The van der Waals surface area contributed by atoms with Crippen LogP contribution in [0, 0.1) is 6.92 Å².